The van der Waals surface area contributed by atoms with Gasteiger partial charge in [0.2, 0.25) is 5.91 Å². The third-order valence-electron chi connectivity index (χ3n) is 4.39. The number of fused-ring (bicyclic) bond motifs is 1. The fourth-order valence-corrected chi connectivity index (χ4v) is 3.44. The smallest absolute Gasteiger partial charge is 0.235 e. The Bertz CT molecular complexity index is 549. The molecule has 3 rings (SSSR count). The highest BCUT2D eigenvalue weighted by atomic mass is 32.2. The lowest BCUT2D eigenvalue weighted by atomic mass is 10.0. The minimum Gasteiger partial charge on any atom is -0.490 e. The highest BCUT2D eigenvalue weighted by Crippen LogP contribution is 2.38. The molecule has 1 aromatic carbocycles. The van der Waals surface area contributed by atoms with Gasteiger partial charge in [-0.1, -0.05) is 6.07 Å². The van der Waals surface area contributed by atoms with Crippen LogP contribution in [-0.2, 0) is 4.79 Å². The van der Waals surface area contributed by atoms with Crippen LogP contribution in [0.4, 0.5) is 0 Å². The van der Waals surface area contributed by atoms with Crippen LogP contribution in [0.25, 0.3) is 0 Å². The molecule has 2 aliphatic heterocycles. The summed E-state index contributed by atoms with van der Waals surface area (Å²) in [5.74, 6) is 1.86. The number of benzene rings is 1. The number of carbonyl (C=O) groups excluding carboxylic acids is 1. The number of likely N-dealkylation sites (tertiary alicyclic amines) is 1. The lowest BCUT2D eigenvalue weighted by Crippen LogP contribution is -2.36. The number of hydrogen-bond acceptors (Lipinski definition) is 4. The van der Waals surface area contributed by atoms with Gasteiger partial charge in [0, 0.05) is 13.0 Å². The van der Waals surface area contributed by atoms with Crippen LogP contribution in [0.3, 0.4) is 0 Å². The predicted octanol–water partition coefficient (Wildman–Crippen LogP) is 3.26. The average Bonchev–Trinajstić information content (AvgIpc) is 2.91. The van der Waals surface area contributed by atoms with Crippen molar-refractivity contribution in [1.82, 2.24) is 4.90 Å². The number of amides is 1. The third kappa shape index (κ3) is 3.05. The zero-order valence-corrected chi connectivity index (χ0v) is 14.0. The van der Waals surface area contributed by atoms with E-state index in [2.05, 4.69) is 12.1 Å². The number of rotatable bonds is 3. The molecule has 2 heterocycles. The van der Waals surface area contributed by atoms with Crippen LogP contribution in [0.1, 0.15) is 37.8 Å². The standard InChI is InChI=1S/C17H23NO3S/c1-12(22-2)17(19)18-8-3-5-14(18)13-6-7-15-16(11-13)21-10-4-9-20-15/h6-7,11-12,14H,3-5,8-10H2,1-2H3/t12-,14-/m1/s1. The van der Waals surface area contributed by atoms with Gasteiger partial charge in [0.1, 0.15) is 0 Å². The van der Waals surface area contributed by atoms with Gasteiger partial charge >= 0.3 is 0 Å². The van der Waals surface area contributed by atoms with E-state index in [9.17, 15) is 4.79 Å². The third-order valence-corrected chi connectivity index (χ3v) is 5.30. The zero-order chi connectivity index (χ0) is 15.5. The maximum atomic E-state index is 12.6. The molecule has 1 fully saturated rings. The van der Waals surface area contributed by atoms with Gasteiger partial charge in [0.05, 0.1) is 24.5 Å². The molecule has 1 aromatic rings. The van der Waals surface area contributed by atoms with Gasteiger partial charge in [-0.3, -0.25) is 4.79 Å². The molecule has 0 aliphatic carbocycles. The quantitative estimate of drug-likeness (QED) is 0.856. The highest BCUT2D eigenvalue weighted by Gasteiger charge is 2.32. The molecule has 0 aromatic heterocycles. The lowest BCUT2D eigenvalue weighted by Gasteiger charge is -2.27. The molecule has 5 heteroatoms. The Morgan fingerprint density at radius 1 is 1.27 bits per heavy atom. The summed E-state index contributed by atoms with van der Waals surface area (Å²) in [6.07, 6.45) is 4.98. The monoisotopic (exact) mass is 321 g/mol. The van der Waals surface area contributed by atoms with Gasteiger partial charge in [-0.05, 0) is 43.7 Å². The number of carbonyl (C=O) groups is 1. The van der Waals surface area contributed by atoms with Crippen molar-refractivity contribution >= 4 is 17.7 Å². The van der Waals surface area contributed by atoms with E-state index < -0.39 is 0 Å². The molecule has 120 valence electrons. The Morgan fingerprint density at radius 2 is 2.05 bits per heavy atom. The molecule has 2 aliphatic rings. The molecule has 2 atom stereocenters. The first kappa shape index (κ1) is 15.5. The second kappa shape index (κ2) is 6.82. The van der Waals surface area contributed by atoms with Gasteiger partial charge in [0.15, 0.2) is 11.5 Å². The van der Waals surface area contributed by atoms with E-state index in [4.69, 9.17) is 9.47 Å². The molecule has 1 amide bonds. The lowest BCUT2D eigenvalue weighted by molar-refractivity contribution is -0.131. The van der Waals surface area contributed by atoms with Crippen molar-refractivity contribution in [2.45, 2.75) is 37.5 Å². The fraction of sp³-hybridized carbons (Fsp3) is 0.588. The fourth-order valence-electron chi connectivity index (χ4n) is 3.10. The molecule has 0 saturated carbocycles. The summed E-state index contributed by atoms with van der Waals surface area (Å²) in [6.45, 7) is 4.22. The van der Waals surface area contributed by atoms with Crippen LogP contribution in [0, 0.1) is 0 Å². The molecule has 0 unspecified atom stereocenters. The van der Waals surface area contributed by atoms with E-state index in [1.54, 1.807) is 11.8 Å². The number of thioether (sulfide) groups is 1. The summed E-state index contributed by atoms with van der Waals surface area (Å²) in [5, 5.41) is 0.0148. The van der Waals surface area contributed by atoms with Gasteiger partial charge in [-0.25, -0.2) is 0 Å². The van der Waals surface area contributed by atoms with Crippen molar-refractivity contribution in [2.75, 3.05) is 26.0 Å². The van der Waals surface area contributed by atoms with E-state index >= 15 is 0 Å². The van der Waals surface area contributed by atoms with E-state index in [1.165, 1.54) is 0 Å². The Kier molecular flexibility index (Phi) is 4.81. The van der Waals surface area contributed by atoms with Gasteiger partial charge in [0.25, 0.3) is 0 Å². The number of ether oxygens (including phenoxy) is 2. The molecular weight excluding hydrogens is 298 g/mol. The molecule has 0 bridgehead atoms. The molecule has 4 nitrogen and oxygen atoms in total. The van der Waals surface area contributed by atoms with E-state index in [0.29, 0.717) is 13.2 Å². The Hall–Kier alpha value is -1.36. The minimum atomic E-state index is 0.0148. The van der Waals surface area contributed by atoms with Crippen LogP contribution in [0.2, 0.25) is 0 Å². The summed E-state index contributed by atoms with van der Waals surface area (Å²) in [5.41, 5.74) is 1.16. The molecule has 0 N–H and O–H groups in total. The summed E-state index contributed by atoms with van der Waals surface area (Å²) < 4.78 is 11.5. The van der Waals surface area contributed by atoms with Crippen molar-refractivity contribution in [3.05, 3.63) is 23.8 Å². The maximum Gasteiger partial charge on any atom is 0.235 e. The molecule has 22 heavy (non-hydrogen) atoms. The molecule has 0 spiro atoms. The number of nitrogens with zero attached hydrogens (tertiary/aromatic N) is 1. The summed E-state index contributed by atoms with van der Waals surface area (Å²) in [6, 6.07) is 6.28. The van der Waals surface area contributed by atoms with Crippen molar-refractivity contribution in [3.63, 3.8) is 0 Å². The molecular formula is C17H23NO3S. The van der Waals surface area contributed by atoms with Gasteiger partial charge in [-0.2, -0.15) is 11.8 Å². The van der Waals surface area contributed by atoms with Crippen molar-refractivity contribution in [1.29, 1.82) is 0 Å². The summed E-state index contributed by atoms with van der Waals surface area (Å²) in [4.78, 5) is 14.6. The van der Waals surface area contributed by atoms with Crippen molar-refractivity contribution in [3.8, 4) is 11.5 Å². The van der Waals surface area contributed by atoms with Crippen molar-refractivity contribution < 1.29 is 14.3 Å². The SMILES string of the molecule is CS[C@H](C)C(=O)N1CCC[C@@H]1c1ccc2c(c1)OCCCO2. The second-order valence-corrected chi connectivity index (χ2v) is 7.00. The van der Waals surface area contributed by atoms with Gasteiger partial charge in [-0.15, -0.1) is 0 Å². The minimum absolute atomic E-state index is 0.0148. The maximum absolute atomic E-state index is 12.6. The van der Waals surface area contributed by atoms with E-state index in [0.717, 1.165) is 42.9 Å². The van der Waals surface area contributed by atoms with Crippen LogP contribution in [0.5, 0.6) is 11.5 Å². The first-order valence-electron chi connectivity index (χ1n) is 7.93. The number of hydrogen-bond donors (Lipinski definition) is 0. The summed E-state index contributed by atoms with van der Waals surface area (Å²) in [7, 11) is 0. The normalized spacial score (nSPS) is 22.3. The van der Waals surface area contributed by atoms with Crippen LogP contribution in [0.15, 0.2) is 18.2 Å². The zero-order valence-electron chi connectivity index (χ0n) is 13.2. The van der Waals surface area contributed by atoms with Crippen molar-refractivity contribution in [2.24, 2.45) is 0 Å². The first-order valence-corrected chi connectivity index (χ1v) is 9.22. The molecule has 1 saturated heterocycles. The first-order chi connectivity index (χ1) is 10.7. The highest BCUT2D eigenvalue weighted by molar-refractivity contribution is 7.99. The Balaban J connectivity index is 1.83. The van der Waals surface area contributed by atoms with Gasteiger partial charge < -0.3 is 14.4 Å². The van der Waals surface area contributed by atoms with E-state index in [-0.39, 0.29) is 17.2 Å². The summed E-state index contributed by atoms with van der Waals surface area (Å²) >= 11 is 1.61. The van der Waals surface area contributed by atoms with Crippen LogP contribution < -0.4 is 9.47 Å². The largest absolute Gasteiger partial charge is 0.490 e. The van der Waals surface area contributed by atoms with Crippen LogP contribution in [-0.4, -0.2) is 42.1 Å². The second-order valence-electron chi connectivity index (χ2n) is 5.82. The Labute approximate surface area is 136 Å². The predicted molar refractivity (Wildman–Crippen MR) is 88.7 cm³/mol. The molecule has 0 radical (unpaired) electrons. The van der Waals surface area contributed by atoms with E-state index in [1.807, 2.05) is 24.1 Å². The topological polar surface area (TPSA) is 38.8 Å². The van der Waals surface area contributed by atoms with Crippen LogP contribution >= 0.6 is 11.8 Å². The Morgan fingerprint density at radius 3 is 2.82 bits per heavy atom. The average molecular weight is 321 g/mol.